The van der Waals surface area contributed by atoms with Crippen LogP contribution in [0.3, 0.4) is 0 Å². The first-order chi connectivity index (χ1) is 17.8. The third kappa shape index (κ3) is 8.09. The Kier molecular flexibility index (Phi) is 12.3. The predicted molar refractivity (Wildman–Crippen MR) is 143 cm³/mol. The third-order valence-corrected chi connectivity index (χ3v) is 8.16. The molecule has 0 spiro atoms. The molecule has 0 saturated heterocycles. The summed E-state index contributed by atoms with van der Waals surface area (Å²) in [4.78, 5) is 25.9. The SMILES string of the molecule is O=C(c1cccc(S(=O)(=O)[O-])c1)c1cc(Br)ccc1-c1ccc(Br)cc1C(=O)c1cccc(S(=O)(=O)[O-])c1.[Na+].[Na+]. The number of carbonyl (C=O) groups is 2. The minimum absolute atomic E-state index is 0. The fourth-order valence-electron chi connectivity index (χ4n) is 3.78. The number of hydrogen-bond acceptors (Lipinski definition) is 8. The van der Waals surface area contributed by atoms with E-state index in [1.54, 1.807) is 24.3 Å². The van der Waals surface area contributed by atoms with Gasteiger partial charge in [-0.1, -0.05) is 68.3 Å². The molecule has 0 aliphatic rings. The van der Waals surface area contributed by atoms with Crippen molar-refractivity contribution in [3.8, 4) is 11.1 Å². The molecule has 4 aromatic carbocycles. The molecule has 0 N–H and O–H groups in total. The minimum Gasteiger partial charge on any atom is -0.744 e. The van der Waals surface area contributed by atoms with Crippen LogP contribution in [0.4, 0.5) is 0 Å². The van der Waals surface area contributed by atoms with E-state index in [4.69, 9.17) is 0 Å². The molecule has 0 aliphatic carbocycles. The van der Waals surface area contributed by atoms with E-state index in [9.17, 15) is 35.5 Å². The van der Waals surface area contributed by atoms with Crippen LogP contribution in [0.2, 0.25) is 0 Å². The maximum absolute atomic E-state index is 13.5. The Morgan fingerprint density at radius 3 is 1.23 bits per heavy atom. The normalized spacial score (nSPS) is 11.2. The summed E-state index contributed by atoms with van der Waals surface area (Å²) in [5, 5.41) is 0. The second-order valence-corrected chi connectivity index (χ2v) is 12.6. The molecule has 194 valence electrons. The number of hydrogen-bond donors (Lipinski definition) is 0. The van der Waals surface area contributed by atoms with Gasteiger partial charge in [0.1, 0.15) is 20.2 Å². The third-order valence-electron chi connectivity index (χ3n) is 5.51. The molecule has 40 heavy (non-hydrogen) atoms. The monoisotopic (exact) mass is 722 g/mol. The van der Waals surface area contributed by atoms with Crippen LogP contribution in [-0.4, -0.2) is 37.5 Å². The molecule has 4 rings (SSSR count). The van der Waals surface area contributed by atoms with Gasteiger partial charge in [0.05, 0.1) is 9.79 Å². The number of halogens is 2. The second-order valence-electron chi connectivity index (χ2n) is 8.00. The molecule has 0 saturated carbocycles. The van der Waals surface area contributed by atoms with E-state index in [0.29, 0.717) is 20.1 Å². The first kappa shape index (κ1) is 35.2. The maximum atomic E-state index is 13.5. The van der Waals surface area contributed by atoms with Gasteiger partial charge in [0.15, 0.2) is 11.6 Å². The van der Waals surface area contributed by atoms with Gasteiger partial charge >= 0.3 is 59.1 Å². The van der Waals surface area contributed by atoms with Crippen LogP contribution in [0.1, 0.15) is 31.8 Å². The van der Waals surface area contributed by atoms with E-state index in [2.05, 4.69) is 31.9 Å². The molecule has 0 heterocycles. The molecular formula is C26H14Br2Na2O8S2. The summed E-state index contributed by atoms with van der Waals surface area (Å²) in [6, 6.07) is 18.9. The molecule has 14 heteroatoms. The average Bonchev–Trinajstić information content (AvgIpc) is 2.87. The Hall–Kier alpha value is -1.000. The zero-order valence-electron chi connectivity index (χ0n) is 20.9. The standard InChI is InChI=1S/C26H16Br2O8S2.2Na/c27-17-7-9-21(23(13-17)25(29)15-3-1-5-19(11-15)37(31,32)33)22-10-8-18(28)14-24(22)26(30)16-4-2-6-20(12-16)38(34,35)36;;/h1-14H,(H,31,32,33)(H,34,35,36);;/q;2*+1/p-2. The molecule has 0 amide bonds. The van der Waals surface area contributed by atoms with E-state index in [0.717, 1.165) is 24.3 Å². The van der Waals surface area contributed by atoms with Crippen LogP contribution in [-0.2, 0) is 20.2 Å². The van der Waals surface area contributed by atoms with Crippen LogP contribution in [0.25, 0.3) is 11.1 Å². The van der Waals surface area contributed by atoms with Crippen molar-refractivity contribution in [2.75, 3.05) is 0 Å². The predicted octanol–water partition coefficient (Wildman–Crippen LogP) is -0.843. The molecule has 0 atom stereocenters. The summed E-state index contributed by atoms with van der Waals surface area (Å²) >= 11 is 6.64. The van der Waals surface area contributed by atoms with Gasteiger partial charge in [-0.15, -0.1) is 0 Å². The fraction of sp³-hybridized carbons (Fsp3) is 0. The fourth-order valence-corrected chi connectivity index (χ4v) is 5.53. The van der Waals surface area contributed by atoms with Gasteiger partial charge in [0.25, 0.3) is 0 Å². The smallest absolute Gasteiger partial charge is 0.744 e. The molecule has 0 aromatic heterocycles. The Morgan fingerprint density at radius 1 is 0.550 bits per heavy atom. The van der Waals surface area contributed by atoms with Crippen LogP contribution in [0, 0.1) is 0 Å². The van der Waals surface area contributed by atoms with Gasteiger partial charge in [-0.25, -0.2) is 16.8 Å². The van der Waals surface area contributed by atoms with Crippen LogP contribution < -0.4 is 59.1 Å². The van der Waals surface area contributed by atoms with Crippen LogP contribution in [0.5, 0.6) is 0 Å². The Labute approximate surface area is 291 Å². The van der Waals surface area contributed by atoms with Crippen molar-refractivity contribution in [3.05, 3.63) is 116 Å². The second kappa shape index (κ2) is 14.0. The minimum atomic E-state index is -4.81. The summed E-state index contributed by atoms with van der Waals surface area (Å²) in [6.07, 6.45) is 0. The van der Waals surface area contributed by atoms with Gasteiger partial charge in [-0.3, -0.25) is 9.59 Å². The first-order valence-corrected chi connectivity index (χ1v) is 15.0. The largest absolute Gasteiger partial charge is 1.00 e. The van der Waals surface area contributed by atoms with Crippen molar-refractivity contribution in [1.82, 2.24) is 0 Å². The number of benzene rings is 4. The molecule has 4 aromatic rings. The summed E-state index contributed by atoms with van der Waals surface area (Å²) < 4.78 is 70.0. The van der Waals surface area contributed by atoms with Gasteiger partial charge in [-0.2, -0.15) is 0 Å². The van der Waals surface area contributed by atoms with E-state index in [-0.39, 0.29) is 81.4 Å². The van der Waals surface area contributed by atoms with Crippen molar-refractivity contribution in [3.63, 3.8) is 0 Å². The van der Waals surface area contributed by atoms with Crippen molar-refractivity contribution in [1.29, 1.82) is 0 Å². The molecule has 8 nitrogen and oxygen atoms in total. The van der Waals surface area contributed by atoms with Gasteiger partial charge < -0.3 is 9.11 Å². The van der Waals surface area contributed by atoms with Gasteiger partial charge in [0, 0.05) is 31.2 Å². The van der Waals surface area contributed by atoms with Crippen molar-refractivity contribution in [2.45, 2.75) is 9.79 Å². The van der Waals surface area contributed by atoms with Crippen LogP contribution in [0.15, 0.2) is 104 Å². The van der Waals surface area contributed by atoms with E-state index < -0.39 is 41.6 Å². The zero-order valence-corrected chi connectivity index (χ0v) is 29.7. The Balaban J connectivity index is 0.00000280. The summed E-state index contributed by atoms with van der Waals surface area (Å²) in [5.74, 6) is -1.21. The Bertz CT molecular complexity index is 1710. The van der Waals surface area contributed by atoms with Crippen molar-refractivity contribution >= 4 is 63.7 Å². The molecular weight excluding hydrogens is 710 g/mol. The molecule has 0 fully saturated rings. The van der Waals surface area contributed by atoms with Gasteiger partial charge in [-0.05, 0) is 59.7 Å². The molecule has 0 bridgehead atoms. The van der Waals surface area contributed by atoms with Crippen LogP contribution >= 0.6 is 31.9 Å². The summed E-state index contributed by atoms with van der Waals surface area (Å²) in [6.45, 7) is 0. The summed E-state index contributed by atoms with van der Waals surface area (Å²) in [7, 11) is -9.61. The number of ketones is 2. The Morgan fingerprint density at radius 2 is 0.900 bits per heavy atom. The van der Waals surface area contributed by atoms with Crippen molar-refractivity contribution in [2.24, 2.45) is 0 Å². The molecule has 0 radical (unpaired) electrons. The average molecular weight is 724 g/mol. The maximum Gasteiger partial charge on any atom is 1.00 e. The van der Waals surface area contributed by atoms with E-state index in [1.165, 1.54) is 36.4 Å². The quantitative estimate of drug-likeness (QED) is 0.136. The van der Waals surface area contributed by atoms with E-state index >= 15 is 0 Å². The summed E-state index contributed by atoms with van der Waals surface area (Å²) in [5.41, 5.74) is 0.729. The van der Waals surface area contributed by atoms with Crippen molar-refractivity contribution < 1.29 is 94.6 Å². The topological polar surface area (TPSA) is 149 Å². The molecule has 0 aliphatic heterocycles. The number of rotatable bonds is 7. The number of carbonyl (C=O) groups excluding carboxylic acids is 2. The molecule has 0 unspecified atom stereocenters. The van der Waals surface area contributed by atoms with Gasteiger partial charge in [0.2, 0.25) is 0 Å². The van der Waals surface area contributed by atoms with E-state index in [1.807, 2.05) is 0 Å². The first-order valence-electron chi connectivity index (χ1n) is 10.6. The zero-order chi connectivity index (χ0) is 27.8.